The van der Waals surface area contributed by atoms with E-state index in [1.165, 1.54) is 5.56 Å². The van der Waals surface area contributed by atoms with E-state index in [-0.39, 0.29) is 5.75 Å². The lowest BCUT2D eigenvalue weighted by Crippen LogP contribution is -2.35. The van der Waals surface area contributed by atoms with Crippen LogP contribution >= 0.6 is 23.4 Å². The SMILES string of the molecule is O=C(O)CSc1nc(Cl)cc(N2CCC(Cc3ccccc3)CC2)n1. The number of anilines is 1. The summed E-state index contributed by atoms with van der Waals surface area (Å²) in [7, 11) is 0. The fourth-order valence-electron chi connectivity index (χ4n) is 3.05. The number of carboxylic acids is 1. The quantitative estimate of drug-likeness (QED) is 0.469. The Hall–Kier alpha value is -1.79. The molecular weight excluding hydrogens is 358 g/mol. The van der Waals surface area contributed by atoms with Crippen LogP contribution in [0, 0.1) is 5.92 Å². The van der Waals surface area contributed by atoms with E-state index in [0.29, 0.717) is 16.2 Å². The normalized spacial score (nSPS) is 15.3. The number of hydrogen-bond donors (Lipinski definition) is 1. The van der Waals surface area contributed by atoms with Crippen LogP contribution in [0.25, 0.3) is 0 Å². The van der Waals surface area contributed by atoms with Crippen LogP contribution in [0.15, 0.2) is 41.6 Å². The van der Waals surface area contributed by atoms with Gasteiger partial charge in [0.1, 0.15) is 11.0 Å². The Morgan fingerprint density at radius 2 is 1.96 bits per heavy atom. The topological polar surface area (TPSA) is 66.3 Å². The molecule has 0 bridgehead atoms. The van der Waals surface area contributed by atoms with Crippen molar-refractivity contribution in [2.45, 2.75) is 24.4 Å². The third-order valence-electron chi connectivity index (χ3n) is 4.29. The molecule has 0 saturated carbocycles. The van der Waals surface area contributed by atoms with E-state index in [1.54, 1.807) is 6.07 Å². The van der Waals surface area contributed by atoms with Crippen LogP contribution in [0.1, 0.15) is 18.4 Å². The van der Waals surface area contributed by atoms with Crippen LogP contribution in [0.2, 0.25) is 5.15 Å². The zero-order valence-electron chi connectivity index (χ0n) is 13.8. The summed E-state index contributed by atoms with van der Waals surface area (Å²) in [5.41, 5.74) is 1.39. The fraction of sp³-hybridized carbons (Fsp3) is 0.389. The van der Waals surface area contributed by atoms with Crippen LogP contribution in [-0.2, 0) is 11.2 Å². The van der Waals surface area contributed by atoms with Crippen molar-refractivity contribution in [3.8, 4) is 0 Å². The Morgan fingerprint density at radius 3 is 2.64 bits per heavy atom. The summed E-state index contributed by atoms with van der Waals surface area (Å²) in [6.07, 6.45) is 3.32. The number of rotatable bonds is 6. The second-order valence-electron chi connectivity index (χ2n) is 6.13. The molecule has 1 aliphatic heterocycles. The summed E-state index contributed by atoms with van der Waals surface area (Å²) < 4.78 is 0. The molecule has 1 aliphatic rings. The summed E-state index contributed by atoms with van der Waals surface area (Å²) >= 11 is 7.17. The maximum absolute atomic E-state index is 10.7. The summed E-state index contributed by atoms with van der Waals surface area (Å²) in [6.45, 7) is 1.85. The van der Waals surface area contributed by atoms with Crippen molar-refractivity contribution in [3.63, 3.8) is 0 Å². The minimum absolute atomic E-state index is 0.0705. The van der Waals surface area contributed by atoms with Crippen LogP contribution in [0.4, 0.5) is 5.82 Å². The molecule has 0 aliphatic carbocycles. The predicted octanol–water partition coefficient (Wildman–Crippen LogP) is 3.77. The van der Waals surface area contributed by atoms with Gasteiger partial charge in [-0.15, -0.1) is 0 Å². The van der Waals surface area contributed by atoms with Crippen molar-refractivity contribution in [1.29, 1.82) is 0 Å². The van der Waals surface area contributed by atoms with Crippen LogP contribution in [-0.4, -0.2) is 39.9 Å². The number of carbonyl (C=O) groups is 1. The van der Waals surface area contributed by atoms with Crippen molar-refractivity contribution >= 4 is 35.1 Å². The van der Waals surface area contributed by atoms with Gasteiger partial charge in [0.05, 0.1) is 5.75 Å². The van der Waals surface area contributed by atoms with Gasteiger partial charge < -0.3 is 10.0 Å². The van der Waals surface area contributed by atoms with E-state index >= 15 is 0 Å². The van der Waals surface area contributed by atoms with Gasteiger partial charge in [-0.1, -0.05) is 53.7 Å². The number of aromatic nitrogens is 2. The first-order valence-electron chi connectivity index (χ1n) is 8.28. The van der Waals surface area contributed by atoms with E-state index in [9.17, 15) is 4.79 Å². The molecule has 1 fully saturated rings. The van der Waals surface area contributed by atoms with Crippen molar-refractivity contribution in [3.05, 3.63) is 47.1 Å². The highest BCUT2D eigenvalue weighted by Gasteiger charge is 2.21. The zero-order valence-corrected chi connectivity index (χ0v) is 15.3. The van der Waals surface area contributed by atoms with Gasteiger partial charge in [-0.05, 0) is 30.7 Å². The highest BCUT2D eigenvalue weighted by molar-refractivity contribution is 7.99. The summed E-state index contributed by atoms with van der Waals surface area (Å²) in [5.74, 6) is 0.499. The number of hydrogen-bond acceptors (Lipinski definition) is 5. The van der Waals surface area contributed by atoms with Gasteiger partial charge in [-0.3, -0.25) is 4.79 Å². The Morgan fingerprint density at radius 1 is 1.24 bits per heavy atom. The molecule has 5 nitrogen and oxygen atoms in total. The van der Waals surface area contributed by atoms with E-state index < -0.39 is 5.97 Å². The Bertz CT molecular complexity index is 722. The first kappa shape index (κ1) is 18.0. The van der Waals surface area contributed by atoms with Crippen molar-refractivity contribution in [2.24, 2.45) is 5.92 Å². The number of halogens is 1. The van der Waals surface area contributed by atoms with Crippen molar-refractivity contribution in [1.82, 2.24) is 9.97 Å². The molecule has 1 aromatic carbocycles. The molecule has 3 rings (SSSR count). The molecule has 132 valence electrons. The largest absolute Gasteiger partial charge is 0.481 e. The molecule has 1 N–H and O–H groups in total. The number of nitrogens with zero attached hydrogens (tertiary/aromatic N) is 3. The number of benzene rings is 1. The second kappa shape index (κ2) is 8.54. The Balaban J connectivity index is 1.59. The van der Waals surface area contributed by atoms with Gasteiger partial charge >= 0.3 is 5.97 Å². The molecule has 25 heavy (non-hydrogen) atoms. The average molecular weight is 378 g/mol. The number of aliphatic carboxylic acids is 1. The lowest BCUT2D eigenvalue weighted by molar-refractivity contribution is -0.133. The third-order valence-corrected chi connectivity index (χ3v) is 5.32. The van der Waals surface area contributed by atoms with Crippen LogP contribution in [0.5, 0.6) is 0 Å². The van der Waals surface area contributed by atoms with Gasteiger partial charge in [0.2, 0.25) is 0 Å². The second-order valence-corrected chi connectivity index (χ2v) is 7.46. The number of piperidine rings is 1. The maximum Gasteiger partial charge on any atom is 0.313 e. The Kier molecular flexibility index (Phi) is 6.15. The molecule has 7 heteroatoms. The Labute approximate surface area is 156 Å². The number of thioether (sulfide) groups is 1. The molecule has 0 radical (unpaired) electrons. The van der Waals surface area contributed by atoms with Gasteiger partial charge in [-0.25, -0.2) is 9.97 Å². The molecule has 0 atom stereocenters. The smallest absolute Gasteiger partial charge is 0.313 e. The molecule has 0 spiro atoms. The van der Waals surface area contributed by atoms with Gasteiger partial charge in [0.25, 0.3) is 0 Å². The maximum atomic E-state index is 10.7. The predicted molar refractivity (Wildman–Crippen MR) is 100 cm³/mol. The van der Waals surface area contributed by atoms with Crippen molar-refractivity contribution in [2.75, 3.05) is 23.7 Å². The first-order valence-corrected chi connectivity index (χ1v) is 9.64. The van der Waals surface area contributed by atoms with E-state index in [1.807, 2.05) is 6.07 Å². The highest BCUT2D eigenvalue weighted by atomic mass is 35.5. The molecule has 1 aromatic heterocycles. The summed E-state index contributed by atoms with van der Waals surface area (Å²) in [5, 5.41) is 9.56. The average Bonchev–Trinajstić information content (AvgIpc) is 2.61. The first-order chi connectivity index (χ1) is 12.1. The van der Waals surface area contributed by atoms with Crippen molar-refractivity contribution < 1.29 is 9.90 Å². The van der Waals surface area contributed by atoms with Gasteiger partial charge in [0, 0.05) is 19.2 Å². The van der Waals surface area contributed by atoms with Crippen LogP contribution < -0.4 is 4.90 Å². The lowest BCUT2D eigenvalue weighted by atomic mass is 9.90. The van der Waals surface area contributed by atoms with Gasteiger partial charge in [-0.2, -0.15) is 0 Å². The molecule has 2 aromatic rings. The molecular formula is C18H20ClN3O2S. The molecule has 2 heterocycles. The van der Waals surface area contributed by atoms with E-state index in [4.69, 9.17) is 16.7 Å². The molecule has 0 unspecified atom stereocenters. The zero-order chi connectivity index (χ0) is 17.6. The van der Waals surface area contributed by atoms with Crippen LogP contribution in [0.3, 0.4) is 0 Å². The monoisotopic (exact) mass is 377 g/mol. The third kappa shape index (κ3) is 5.34. The summed E-state index contributed by atoms with van der Waals surface area (Å²) in [4.78, 5) is 21.5. The highest BCUT2D eigenvalue weighted by Crippen LogP contribution is 2.27. The number of carboxylic acid groups (broad SMARTS) is 1. The van der Waals surface area contributed by atoms with E-state index in [2.05, 4.69) is 39.1 Å². The standard InChI is InChI=1S/C18H20ClN3O2S/c19-15-11-16(21-18(20-15)25-12-17(23)24)22-8-6-14(7-9-22)10-13-4-2-1-3-5-13/h1-5,11,14H,6-10,12H2,(H,23,24). The minimum atomic E-state index is -0.892. The molecule has 0 amide bonds. The van der Waals surface area contributed by atoms with E-state index in [0.717, 1.165) is 49.9 Å². The fourth-order valence-corrected chi connectivity index (χ4v) is 3.85. The lowest BCUT2D eigenvalue weighted by Gasteiger charge is -2.33. The minimum Gasteiger partial charge on any atom is -0.481 e. The van der Waals surface area contributed by atoms with Gasteiger partial charge in [0.15, 0.2) is 5.16 Å². The summed E-state index contributed by atoms with van der Waals surface area (Å²) in [6, 6.07) is 12.3. The molecule has 1 saturated heterocycles.